The second-order valence-corrected chi connectivity index (χ2v) is 5.35. The number of nitrogens with two attached hydrogens (primary N) is 1. The largest absolute Gasteiger partial charge is 0.450 e. The Balaban J connectivity index is 2.14. The average molecular weight is 308 g/mol. The maximum atomic E-state index is 11.1. The van der Waals surface area contributed by atoms with Gasteiger partial charge in [-0.15, -0.1) is 0 Å². The van der Waals surface area contributed by atoms with Crippen LogP contribution >= 0.6 is 0 Å². The van der Waals surface area contributed by atoms with Gasteiger partial charge in [0.1, 0.15) is 0 Å². The van der Waals surface area contributed by atoms with Crippen molar-refractivity contribution >= 4 is 6.09 Å². The van der Waals surface area contributed by atoms with Crippen molar-refractivity contribution < 1.29 is 14.5 Å². The molecule has 122 valence electrons. The lowest BCUT2D eigenvalue weighted by atomic mass is 10.0. The molecule has 0 aliphatic carbocycles. The highest BCUT2D eigenvalue weighted by Crippen LogP contribution is 2.13. The van der Waals surface area contributed by atoms with Crippen molar-refractivity contribution in [1.29, 1.82) is 0 Å². The summed E-state index contributed by atoms with van der Waals surface area (Å²) in [5.74, 6) is 0. The van der Waals surface area contributed by atoms with E-state index in [1.165, 1.54) is 0 Å². The maximum absolute atomic E-state index is 11.1. The molecule has 0 aliphatic rings. The van der Waals surface area contributed by atoms with E-state index < -0.39 is 12.1 Å². The summed E-state index contributed by atoms with van der Waals surface area (Å²) in [5, 5.41) is 11.1. The second kappa shape index (κ2) is 10.6. The zero-order valence-corrected chi connectivity index (χ0v) is 12.8. The number of ether oxygens (including phenoxy) is 1. The molecular formula is C16H24N2O4. The van der Waals surface area contributed by atoms with Crippen LogP contribution in [0.5, 0.6) is 0 Å². The van der Waals surface area contributed by atoms with Crippen LogP contribution in [0.1, 0.15) is 44.1 Å². The Labute approximate surface area is 130 Å². The van der Waals surface area contributed by atoms with Crippen molar-refractivity contribution in [2.45, 2.75) is 51.0 Å². The van der Waals surface area contributed by atoms with E-state index in [1.54, 1.807) is 0 Å². The van der Waals surface area contributed by atoms with Gasteiger partial charge in [-0.25, -0.2) is 4.79 Å². The van der Waals surface area contributed by atoms with Gasteiger partial charge < -0.3 is 10.5 Å². The topological polar surface area (TPSA) is 95.5 Å². The molecule has 1 unspecified atom stereocenters. The van der Waals surface area contributed by atoms with Gasteiger partial charge in [0.05, 0.1) is 6.61 Å². The van der Waals surface area contributed by atoms with Crippen LogP contribution in [0.3, 0.4) is 0 Å². The smallest absolute Gasteiger partial charge is 0.404 e. The van der Waals surface area contributed by atoms with Gasteiger partial charge in [-0.2, -0.15) is 0 Å². The van der Waals surface area contributed by atoms with Crippen LogP contribution in [0, 0.1) is 10.1 Å². The first kappa shape index (κ1) is 17.9. The van der Waals surface area contributed by atoms with Crippen molar-refractivity contribution in [1.82, 2.24) is 0 Å². The summed E-state index contributed by atoms with van der Waals surface area (Å²) in [6.45, 7) is 0.348. The molecule has 0 fully saturated rings. The highest BCUT2D eigenvalue weighted by molar-refractivity contribution is 5.64. The van der Waals surface area contributed by atoms with Crippen LogP contribution < -0.4 is 5.73 Å². The summed E-state index contributed by atoms with van der Waals surface area (Å²) in [6.07, 6.45) is 4.85. The van der Waals surface area contributed by atoms with Crippen molar-refractivity contribution in [2.75, 3.05) is 6.61 Å². The van der Waals surface area contributed by atoms with Crippen molar-refractivity contribution in [2.24, 2.45) is 5.73 Å². The first-order valence-corrected chi connectivity index (χ1v) is 7.69. The third-order valence-corrected chi connectivity index (χ3v) is 3.54. The summed E-state index contributed by atoms with van der Waals surface area (Å²) < 4.78 is 4.63. The zero-order valence-electron chi connectivity index (χ0n) is 12.8. The van der Waals surface area contributed by atoms with Gasteiger partial charge in [0, 0.05) is 17.8 Å². The Morgan fingerprint density at radius 1 is 1.14 bits per heavy atom. The van der Waals surface area contributed by atoms with E-state index >= 15 is 0 Å². The van der Waals surface area contributed by atoms with Gasteiger partial charge >= 0.3 is 6.09 Å². The molecule has 1 aromatic carbocycles. The minimum atomic E-state index is -0.741. The molecule has 0 aromatic heterocycles. The number of unbranched alkanes of at least 4 members (excludes halogenated alkanes) is 4. The van der Waals surface area contributed by atoms with Crippen LogP contribution in [0.2, 0.25) is 0 Å². The van der Waals surface area contributed by atoms with Crippen LogP contribution in [0.15, 0.2) is 30.3 Å². The zero-order chi connectivity index (χ0) is 16.2. The Morgan fingerprint density at radius 2 is 1.77 bits per heavy atom. The predicted octanol–water partition coefficient (Wildman–Crippen LogP) is 3.31. The summed E-state index contributed by atoms with van der Waals surface area (Å²) >= 11 is 0. The van der Waals surface area contributed by atoms with E-state index in [0.29, 0.717) is 19.4 Å². The SMILES string of the molecule is NC(=O)OCCCCCCCC(Cc1ccccc1)[N+](=O)[O-]. The molecule has 2 N–H and O–H groups in total. The summed E-state index contributed by atoms with van der Waals surface area (Å²) in [6, 6.07) is 9.05. The minimum absolute atomic E-state index is 0.173. The molecule has 1 amide bonds. The number of nitrogens with zero attached hydrogens (tertiary/aromatic N) is 1. The fraction of sp³-hybridized carbons (Fsp3) is 0.562. The van der Waals surface area contributed by atoms with Gasteiger partial charge in [-0.05, 0) is 18.4 Å². The van der Waals surface area contributed by atoms with Crippen molar-refractivity contribution in [3.63, 3.8) is 0 Å². The van der Waals surface area contributed by atoms with Crippen LogP contribution in [0.4, 0.5) is 4.79 Å². The molecule has 0 aliphatic heterocycles. The van der Waals surface area contributed by atoms with E-state index in [2.05, 4.69) is 4.74 Å². The molecule has 6 heteroatoms. The quantitative estimate of drug-likeness (QED) is 0.385. The highest BCUT2D eigenvalue weighted by Gasteiger charge is 2.19. The molecule has 0 bridgehead atoms. The second-order valence-electron chi connectivity index (χ2n) is 5.35. The molecule has 1 atom stereocenters. The Kier molecular flexibility index (Phi) is 8.64. The molecule has 0 saturated heterocycles. The van der Waals surface area contributed by atoms with Crippen LogP contribution in [0.25, 0.3) is 0 Å². The number of hydrogen-bond donors (Lipinski definition) is 1. The molecule has 0 heterocycles. The number of benzene rings is 1. The summed E-state index contributed by atoms with van der Waals surface area (Å²) in [4.78, 5) is 21.3. The normalized spacial score (nSPS) is 11.8. The number of amides is 1. The van der Waals surface area contributed by atoms with Gasteiger partial charge in [-0.1, -0.05) is 49.6 Å². The number of nitro groups is 1. The van der Waals surface area contributed by atoms with E-state index in [0.717, 1.165) is 37.7 Å². The van der Waals surface area contributed by atoms with E-state index in [9.17, 15) is 14.9 Å². The van der Waals surface area contributed by atoms with Crippen molar-refractivity contribution in [3.05, 3.63) is 46.0 Å². The molecule has 0 saturated carbocycles. The fourth-order valence-corrected chi connectivity index (χ4v) is 2.35. The first-order valence-electron chi connectivity index (χ1n) is 7.69. The Hall–Kier alpha value is -2.11. The highest BCUT2D eigenvalue weighted by atomic mass is 16.6. The first-order chi connectivity index (χ1) is 10.6. The standard InChI is InChI=1S/C16H24N2O4/c17-16(19)22-12-8-3-1-2-7-11-15(18(20)21)13-14-9-5-4-6-10-14/h4-6,9-10,15H,1-3,7-8,11-13H2,(H2,17,19). The number of primary amides is 1. The number of carbonyl (C=O) groups is 1. The molecule has 1 aromatic rings. The van der Waals surface area contributed by atoms with Crippen LogP contribution in [-0.4, -0.2) is 23.7 Å². The van der Waals surface area contributed by atoms with Gasteiger partial charge in [0.25, 0.3) is 0 Å². The number of hydrogen-bond acceptors (Lipinski definition) is 4. The number of carbonyl (C=O) groups excluding carboxylic acids is 1. The van der Waals surface area contributed by atoms with Crippen molar-refractivity contribution in [3.8, 4) is 0 Å². The predicted molar refractivity (Wildman–Crippen MR) is 84.2 cm³/mol. The lowest BCUT2D eigenvalue weighted by Gasteiger charge is -2.09. The third kappa shape index (κ3) is 8.24. The molecule has 6 nitrogen and oxygen atoms in total. The monoisotopic (exact) mass is 308 g/mol. The molecule has 22 heavy (non-hydrogen) atoms. The van der Waals surface area contributed by atoms with E-state index in [4.69, 9.17) is 5.73 Å². The van der Waals surface area contributed by atoms with Gasteiger partial charge in [0.15, 0.2) is 0 Å². The Bertz CT molecular complexity index is 451. The average Bonchev–Trinajstić information content (AvgIpc) is 2.49. The Morgan fingerprint density at radius 3 is 2.41 bits per heavy atom. The number of rotatable bonds is 11. The lowest BCUT2D eigenvalue weighted by Crippen LogP contribution is -2.22. The van der Waals surface area contributed by atoms with Gasteiger partial charge in [-0.3, -0.25) is 10.1 Å². The summed E-state index contributed by atoms with van der Waals surface area (Å²) in [7, 11) is 0. The lowest BCUT2D eigenvalue weighted by molar-refractivity contribution is -0.523. The van der Waals surface area contributed by atoms with E-state index in [1.807, 2.05) is 30.3 Å². The molecule has 0 radical (unpaired) electrons. The molecule has 0 spiro atoms. The van der Waals surface area contributed by atoms with Gasteiger partial charge in [0.2, 0.25) is 6.04 Å². The van der Waals surface area contributed by atoms with Crippen LogP contribution in [-0.2, 0) is 11.2 Å². The fourth-order valence-electron chi connectivity index (χ4n) is 2.35. The third-order valence-electron chi connectivity index (χ3n) is 3.54. The molecular weight excluding hydrogens is 284 g/mol. The molecule has 1 rings (SSSR count). The van der Waals surface area contributed by atoms with E-state index in [-0.39, 0.29) is 4.92 Å². The maximum Gasteiger partial charge on any atom is 0.404 e. The summed E-state index contributed by atoms with van der Waals surface area (Å²) in [5.41, 5.74) is 5.86. The minimum Gasteiger partial charge on any atom is -0.450 e.